The van der Waals surface area contributed by atoms with Gasteiger partial charge in [0, 0.05) is 30.4 Å². The van der Waals surface area contributed by atoms with E-state index in [0.717, 1.165) is 41.0 Å². The minimum absolute atomic E-state index is 0.0927. The highest BCUT2D eigenvalue weighted by atomic mass is 32.2. The van der Waals surface area contributed by atoms with Gasteiger partial charge in [0.15, 0.2) is 0 Å². The van der Waals surface area contributed by atoms with Crippen LogP contribution in [0.25, 0.3) is 10.9 Å². The molecule has 1 aliphatic heterocycles. The maximum absolute atomic E-state index is 7.83. The van der Waals surface area contributed by atoms with E-state index in [1.807, 2.05) is 30.0 Å². The summed E-state index contributed by atoms with van der Waals surface area (Å²) in [4.78, 5) is 6.79. The fraction of sp³-hybridized carbons (Fsp3) is 0.333. The molecule has 0 unspecified atom stereocenters. The fourth-order valence-corrected chi connectivity index (χ4v) is 3.52. The number of para-hydroxylation sites is 1. The van der Waals surface area contributed by atoms with Gasteiger partial charge in [-0.05, 0) is 18.2 Å². The zero-order valence-corrected chi connectivity index (χ0v) is 12.1. The number of nitrogens with one attached hydrogen (secondary N) is 1. The zero-order valence-electron chi connectivity index (χ0n) is 11.3. The first-order valence-corrected chi connectivity index (χ1v) is 7.97. The van der Waals surface area contributed by atoms with Crippen LogP contribution in [0.15, 0.2) is 30.5 Å². The van der Waals surface area contributed by atoms with E-state index in [9.17, 15) is 0 Å². The number of fused-ring (bicyclic) bond motifs is 1. The molecule has 104 valence electrons. The van der Waals surface area contributed by atoms with Crippen molar-refractivity contribution in [1.29, 1.82) is 5.41 Å². The molecule has 1 aromatic carbocycles. The number of hydrogen-bond donors (Lipinski definition) is 2. The van der Waals surface area contributed by atoms with E-state index < -0.39 is 0 Å². The predicted octanol–water partition coefficient (Wildman–Crippen LogP) is 2.46. The van der Waals surface area contributed by atoms with Crippen molar-refractivity contribution in [3.63, 3.8) is 0 Å². The summed E-state index contributed by atoms with van der Waals surface area (Å²) in [6.07, 6.45) is 2.90. The number of aromatic nitrogens is 1. The molecule has 20 heavy (non-hydrogen) atoms. The van der Waals surface area contributed by atoms with Gasteiger partial charge in [0.2, 0.25) is 0 Å². The van der Waals surface area contributed by atoms with E-state index in [-0.39, 0.29) is 5.84 Å². The molecule has 2 aromatic rings. The summed E-state index contributed by atoms with van der Waals surface area (Å²) in [5, 5.41) is 8.92. The van der Waals surface area contributed by atoms with Crippen molar-refractivity contribution in [2.45, 2.75) is 6.42 Å². The topological polar surface area (TPSA) is 66.0 Å². The van der Waals surface area contributed by atoms with Crippen LogP contribution >= 0.6 is 11.8 Å². The molecular formula is C15H18N4S. The number of nitrogens with zero attached hydrogens (tertiary/aromatic N) is 2. The molecule has 2 heterocycles. The van der Waals surface area contributed by atoms with E-state index in [1.165, 1.54) is 12.2 Å². The first-order valence-electron chi connectivity index (χ1n) is 6.82. The second-order valence-corrected chi connectivity index (χ2v) is 6.13. The lowest BCUT2D eigenvalue weighted by Gasteiger charge is -2.26. The molecule has 0 aliphatic carbocycles. The Bertz CT molecular complexity index is 633. The number of nitrogen functional groups attached to an aromatic ring is 1. The molecule has 1 fully saturated rings. The van der Waals surface area contributed by atoms with Gasteiger partial charge in [-0.15, -0.1) is 0 Å². The zero-order chi connectivity index (χ0) is 13.9. The third-order valence-corrected chi connectivity index (χ3v) is 4.62. The van der Waals surface area contributed by atoms with Crippen molar-refractivity contribution in [3.8, 4) is 0 Å². The summed E-state index contributed by atoms with van der Waals surface area (Å²) >= 11 is 1.99. The predicted molar refractivity (Wildman–Crippen MR) is 86.9 cm³/mol. The molecule has 1 saturated heterocycles. The van der Waals surface area contributed by atoms with Crippen LogP contribution in [0.4, 0.5) is 5.69 Å². The van der Waals surface area contributed by atoms with Gasteiger partial charge in [0.1, 0.15) is 5.84 Å². The van der Waals surface area contributed by atoms with Gasteiger partial charge in [0.05, 0.1) is 16.8 Å². The quantitative estimate of drug-likeness (QED) is 0.657. The lowest BCUT2D eigenvalue weighted by molar-refractivity contribution is 0.818. The molecule has 3 N–H and O–H groups in total. The normalized spacial score (nSPS) is 16.1. The molecule has 0 amide bonds. The van der Waals surface area contributed by atoms with Gasteiger partial charge in [0.25, 0.3) is 0 Å². The van der Waals surface area contributed by atoms with Gasteiger partial charge in [-0.1, -0.05) is 18.2 Å². The number of benzene rings is 1. The van der Waals surface area contributed by atoms with Crippen LogP contribution in [-0.4, -0.2) is 35.4 Å². The molecule has 1 aliphatic rings. The van der Waals surface area contributed by atoms with Crippen LogP contribution in [-0.2, 0) is 0 Å². The van der Waals surface area contributed by atoms with Crippen LogP contribution in [0, 0.1) is 5.41 Å². The minimum Gasteiger partial charge on any atom is -0.384 e. The Morgan fingerprint density at radius 2 is 2.10 bits per heavy atom. The Morgan fingerprint density at radius 3 is 2.95 bits per heavy atom. The molecule has 3 rings (SSSR count). The molecular weight excluding hydrogens is 268 g/mol. The van der Waals surface area contributed by atoms with Gasteiger partial charge >= 0.3 is 0 Å². The second kappa shape index (κ2) is 5.71. The van der Waals surface area contributed by atoms with E-state index in [0.29, 0.717) is 0 Å². The largest absolute Gasteiger partial charge is 0.384 e. The van der Waals surface area contributed by atoms with E-state index >= 15 is 0 Å². The summed E-state index contributed by atoms with van der Waals surface area (Å²) in [6, 6.07) is 8.09. The number of hydrogen-bond acceptors (Lipinski definition) is 4. The summed E-state index contributed by atoms with van der Waals surface area (Å²) in [5.74, 6) is 2.42. The van der Waals surface area contributed by atoms with Gasteiger partial charge in [-0.2, -0.15) is 11.8 Å². The van der Waals surface area contributed by atoms with Crippen molar-refractivity contribution >= 4 is 34.2 Å². The Balaban J connectivity index is 2.18. The van der Waals surface area contributed by atoms with Crippen molar-refractivity contribution in [2.75, 3.05) is 29.5 Å². The number of nitrogens with two attached hydrogens (primary N) is 1. The molecule has 0 radical (unpaired) electrons. The molecule has 4 nitrogen and oxygen atoms in total. The molecule has 0 spiro atoms. The monoisotopic (exact) mass is 286 g/mol. The van der Waals surface area contributed by atoms with Gasteiger partial charge in [-0.3, -0.25) is 10.4 Å². The SMILES string of the molecule is N=C(N)c1cnc2ccccc2c1N1CCCSCC1. The maximum Gasteiger partial charge on any atom is 0.126 e. The third-order valence-electron chi connectivity index (χ3n) is 3.58. The number of anilines is 1. The summed E-state index contributed by atoms with van der Waals surface area (Å²) in [6.45, 7) is 2.01. The van der Waals surface area contributed by atoms with Crippen LogP contribution in [0.5, 0.6) is 0 Å². The minimum atomic E-state index is 0.0927. The summed E-state index contributed by atoms with van der Waals surface area (Å²) in [5.41, 5.74) is 8.55. The molecule has 1 aromatic heterocycles. The lowest BCUT2D eigenvalue weighted by atomic mass is 10.1. The van der Waals surface area contributed by atoms with Crippen LogP contribution in [0.3, 0.4) is 0 Å². The van der Waals surface area contributed by atoms with E-state index in [1.54, 1.807) is 6.20 Å². The van der Waals surface area contributed by atoms with Gasteiger partial charge in [-0.25, -0.2) is 0 Å². The van der Waals surface area contributed by atoms with Crippen molar-refractivity contribution in [2.24, 2.45) is 5.73 Å². The number of pyridine rings is 1. The van der Waals surface area contributed by atoms with Crippen LogP contribution in [0.1, 0.15) is 12.0 Å². The Labute approximate surface area is 122 Å². The Morgan fingerprint density at radius 1 is 1.25 bits per heavy atom. The van der Waals surface area contributed by atoms with E-state index in [4.69, 9.17) is 11.1 Å². The average molecular weight is 286 g/mol. The summed E-state index contributed by atoms with van der Waals surface area (Å²) < 4.78 is 0. The van der Waals surface area contributed by atoms with Crippen LogP contribution < -0.4 is 10.6 Å². The number of amidine groups is 1. The first kappa shape index (κ1) is 13.2. The van der Waals surface area contributed by atoms with Crippen molar-refractivity contribution in [1.82, 2.24) is 4.98 Å². The smallest absolute Gasteiger partial charge is 0.126 e. The molecule has 0 atom stereocenters. The maximum atomic E-state index is 7.83. The van der Waals surface area contributed by atoms with Crippen molar-refractivity contribution < 1.29 is 0 Å². The highest BCUT2D eigenvalue weighted by Crippen LogP contribution is 2.30. The Kier molecular flexibility index (Phi) is 3.78. The lowest BCUT2D eigenvalue weighted by Crippen LogP contribution is -2.29. The highest BCUT2D eigenvalue weighted by Gasteiger charge is 2.18. The first-order chi connectivity index (χ1) is 9.77. The average Bonchev–Trinajstić information content (AvgIpc) is 2.74. The molecule has 0 saturated carbocycles. The number of thioether (sulfide) groups is 1. The summed E-state index contributed by atoms with van der Waals surface area (Å²) in [7, 11) is 0. The number of rotatable bonds is 2. The van der Waals surface area contributed by atoms with Crippen LogP contribution in [0.2, 0.25) is 0 Å². The Hall–Kier alpha value is -1.75. The van der Waals surface area contributed by atoms with Crippen molar-refractivity contribution in [3.05, 3.63) is 36.0 Å². The second-order valence-electron chi connectivity index (χ2n) is 4.90. The fourth-order valence-electron chi connectivity index (χ4n) is 2.63. The third kappa shape index (κ3) is 2.45. The molecule has 5 heteroatoms. The molecule has 0 bridgehead atoms. The highest BCUT2D eigenvalue weighted by molar-refractivity contribution is 7.99. The van der Waals surface area contributed by atoms with E-state index in [2.05, 4.69) is 16.0 Å². The van der Waals surface area contributed by atoms with Gasteiger partial charge < -0.3 is 10.6 Å². The standard InChI is InChI=1S/C15H18N4S/c16-15(17)12-10-18-13-5-2-1-4-11(13)14(12)19-6-3-8-20-9-7-19/h1-2,4-5,10H,3,6-9H2,(H3,16,17).